The zero-order chi connectivity index (χ0) is 15.3. The standard InChI is InChI=1S/C18H18O5/c19-10-2-1-3-11-14(10)15-12-8-4-5-9(18(8)21-6-7-22-18)13(12)16(20)17(15)23-11/h4-5,8-9,12-13,15,17H,1-3,6-7H2/t8-,9+,12+,13-,15+,17-/m1/s1. The Morgan fingerprint density at radius 1 is 1.00 bits per heavy atom. The first-order chi connectivity index (χ1) is 11.2. The second-order valence-electron chi connectivity index (χ2n) is 7.54. The van der Waals surface area contributed by atoms with Gasteiger partial charge in [0, 0.05) is 42.1 Å². The van der Waals surface area contributed by atoms with Crippen molar-refractivity contribution in [3.8, 4) is 0 Å². The molecule has 120 valence electrons. The van der Waals surface area contributed by atoms with Crippen molar-refractivity contribution < 1.29 is 23.8 Å². The molecule has 2 bridgehead atoms. The quantitative estimate of drug-likeness (QED) is 0.632. The predicted octanol–water partition coefficient (Wildman–Crippen LogP) is 1.38. The number of carbonyl (C=O) groups excluding carboxylic acids is 2. The summed E-state index contributed by atoms with van der Waals surface area (Å²) in [4.78, 5) is 25.5. The Kier molecular flexibility index (Phi) is 2.22. The van der Waals surface area contributed by atoms with Gasteiger partial charge >= 0.3 is 0 Å². The van der Waals surface area contributed by atoms with Gasteiger partial charge in [-0.2, -0.15) is 0 Å². The Hall–Kier alpha value is -1.46. The van der Waals surface area contributed by atoms with E-state index in [-0.39, 0.29) is 41.2 Å². The van der Waals surface area contributed by atoms with Gasteiger partial charge in [0.05, 0.1) is 13.2 Å². The van der Waals surface area contributed by atoms with E-state index in [1.54, 1.807) is 0 Å². The van der Waals surface area contributed by atoms with Gasteiger partial charge in [0.25, 0.3) is 0 Å². The van der Waals surface area contributed by atoms with E-state index in [1.165, 1.54) is 0 Å². The molecule has 0 aromatic rings. The van der Waals surface area contributed by atoms with Crippen LogP contribution in [0.2, 0.25) is 0 Å². The fourth-order valence-corrected chi connectivity index (χ4v) is 6.13. The Morgan fingerprint density at radius 3 is 2.61 bits per heavy atom. The topological polar surface area (TPSA) is 61.8 Å². The summed E-state index contributed by atoms with van der Waals surface area (Å²) < 4.78 is 18.0. The second-order valence-corrected chi connectivity index (χ2v) is 7.54. The van der Waals surface area contributed by atoms with Crippen LogP contribution in [0.1, 0.15) is 19.3 Å². The summed E-state index contributed by atoms with van der Waals surface area (Å²) in [5.74, 6) is 0.387. The Balaban J connectivity index is 1.49. The van der Waals surface area contributed by atoms with Gasteiger partial charge in [0.15, 0.2) is 23.5 Å². The van der Waals surface area contributed by atoms with Crippen molar-refractivity contribution >= 4 is 11.6 Å². The molecule has 2 saturated carbocycles. The lowest BCUT2D eigenvalue weighted by Crippen LogP contribution is -2.41. The summed E-state index contributed by atoms with van der Waals surface area (Å²) in [5.41, 5.74) is 0.816. The molecule has 0 unspecified atom stereocenters. The maximum Gasteiger partial charge on any atom is 0.182 e. The van der Waals surface area contributed by atoms with Gasteiger partial charge in [-0.25, -0.2) is 0 Å². The minimum absolute atomic E-state index is 0.0237. The zero-order valence-corrected chi connectivity index (χ0v) is 12.7. The first-order valence-corrected chi connectivity index (χ1v) is 8.65. The summed E-state index contributed by atoms with van der Waals surface area (Å²) >= 11 is 0. The van der Waals surface area contributed by atoms with Crippen LogP contribution in [0.15, 0.2) is 23.5 Å². The summed E-state index contributed by atoms with van der Waals surface area (Å²) in [7, 11) is 0. The van der Waals surface area contributed by atoms with Crippen molar-refractivity contribution in [2.75, 3.05) is 13.2 Å². The summed E-state index contributed by atoms with van der Waals surface area (Å²) in [5, 5.41) is 0. The van der Waals surface area contributed by atoms with Crippen LogP contribution < -0.4 is 0 Å². The molecule has 6 rings (SSSR count). The molecule has 0 radical (unpaired) electrons. The van der Waals surface area contributed by atoms with Gasteiger partial charge in [0.1, 0.15) is 5.76 Å². The van der Waals surface area contributed by atoms with Gasteiger partial charge in [-0.15, -0.1) is 0 Å². The number of allylic oxidation sites excluding steroid dienone is 1. The second kappa shape index (κ2) is 3.95. The third kappa shape index (κ3) is 1.27. The van der Waals surface area contributed by atoms with Crippen LogP contribution in [0.5, 0.6) is 0 Å². The first kappa shape index (κ1) is 12.9. The van der Waals surface area contributed by atoms with Crippen LogP contribution in [0.3, 0.4) is 0 Å². The number of rotatable bonds is 0. The smallest absolute Gasteiger partial charge is 0.182 e. The molecular formula is C18H18O5. The largest absolute Gasteiger partial charge is 0.486 e. The number of hydrogen-bond acceptors (Lipinski definition) is 5. The molecule has 6 aliphatic rings. The van der Waals surface area contributed by atoms with E-state index in [9.17, 15) is 9.59 Å². The van der Waals surface area contributed by atoms with Crippen LogP contribution in [-0.2, 0) is 23.8 Å². The highest BCUT2D eigenvalue weighted by Gasteiger charge is 2.74. The maximum absolute atomic E-state index is 13.0. The lowest BCUT2D eigenvalue weighted by molar-refractivity contribution is -0.192. The number of ketones is 2. The molecule has 0 aromatic carbocycles. The Morgan fingerprint density at radius 2 is 1.78 bits per heavy atom. The van der Waals surface area contributed by atoms with Crippen LogP contribution >= 0.6 is 0 Å². The van der Waals surface area contributed by atoms with Crippen LogP contribution in [-0.4, -0.2) is 36.7 Å². The van der Waals surface area contributed by atoms with Crippen molar-refractivity contribution in [3.63, 3.8) is 0 Å². The minimum atomic E-state index is -0.656. The Labute approximate surface area is 133 Å². The molecule has 0 aromatic heterocycles. The van der Waals surface area contributed by atoms with Crippen molar-refractivity contribution in [1.29, 1.82) is 0 Å². The Bertz CT molecular complexity index is 698. The fourth-order valence-electron chi connectivity index (χ4n) is 6.13. The van der Waals surface area contributed by atoms with E-state index in [2.05, 4.69) is 12.2 Å². The van der Waals surface area contributed by atoms with E-state index in [4.69, 9.17) is 14.2 Å². The molecule has 2 aliphatic heterocycles. The van der Waals surface area contributed by atoms with Crippen LogP contribution in [0.25, 0.3) is 0 Å². The average Bonchev–Trinajstić information content (AvgIpc) is 3.32. The van der Waals surface area contributed by atoms with Crippen molar-refractivity contribution in [2.45, 2.75) is 31.2 Å². The van der Waals surface area contributed by atoms with E-state index >= 15 is 0 Å². The monoisotopic (exact) mass is 314 g/mol. The van der Waals surface area contributed by atoms with Crippen LogP contribution in [0, 0.1) is 29.6 Å². The molecule has 6 atom stereocenters. The number of Topliss-reactive ketones (excluding diaryl/α,β-unsaturated/α-hetero) is 2. The number of fused-ring (bicyclic) bond motifs is 6. The molecule has 23 heavy (non-hydrogen) atoms. The highest BCUT2D eigenvalue weighted by atomic mass is 16.7. The van der Waals surface area contributed by atoms with Gasteiger partial charge in [-0.3, -0.25) is 9.59 Å². The molecule has 2 heterocycles. The summed E-state index contributed by atoms with van der Waals surface area (Å²) in [6.45, 7) is 1.17. The van der Waals surface area contributed by atoms with E-state index in [1.807, 2.05) is 0 Å². The molecule has 4 aliphatic carbocycles. The van der Waals surface area contributed by atoms with Crippen molar-refractivity contribution in [2.24, 2.45) is 29.6 Å². The van der Waals surface area contributed by atoms with E-state index < -0.39 is 11.9 Å². The number of hydrogen-bond donors (Lipinski definition) is 0. The molecule has 1 spiro atoms. The highest BCUT2D eigenvalue weighted by Crippen LogP contribution is 2.66. The summed E-state index contributed by atoms with van der Waals surface area (Å²) in [6.07, 6.45) is 6.01. The number of ether oxygens (including phenoxy) is 3. The lowest BCUT2D eigenvalue weighted by Gasteiger charge is -2.31. The molecule has 1 saturated heterocycles. The SMILES string of the molecule is O=C1CCCC2=C1[C@@H]1[C@@H]3[C@H](C(=O)[C@@H]1O2)[C@@H]1C=C[C@H]3C12OCCO2. The molecule has 5 heteroatoms. The third-order valence-corrected chi connectivity index (χ3v) is 6.77. The highest BCUT2D eigenvalue weighted by molar-refractivity contribution is 6.02. The van der Waals surface area contributed by atoms with Crippen molar-refractivity contribution in [3.05, 3.63) is 23.5 Å². The average molecular weight is 314 g/mol. The van der Waals surface area contributed by atoms with Gasteiger partial charge < -0.3 is 14.2 Å². The maximum atomic E-state index is 13.0. The van der Waals surface area contributed by atoms with Gasteiger partial charge in [-0.1, -0.05) is 12.2 Å². The van der Waals surface area contributed by atoms with E-state index in [0.29, 0.717) is 19.6 Å². The molecule has 3 fully saturated rings. The first-order valence-electron chi connectivity index (χ1n) is 8.65. The molecular weight excluding hydrogens is 296 g/mol. The summed E-state index contributed by atoms with van der Waals surface area (Å²) in [6, 6.07) is 0. The number of carbonyl (C=O) groups is 2. The third-order valence-electron chi connectivity index (χ3n) is 6.77. The molecule has 0 N–H and O–H groups in total. The lowest BCUT2D eigenvalue weighted by atomic mass is 9.75. The van der Waals surface area contributed by atoms with E-state index in [0.717, 1.165) is 24.2 Å². The predicted molar refractivity (Wildman–Crippen MR) is 77.0 cm³/mol. The van der Waals surface area contributed by atoms with Gasteiger partial charge in [0.2, 0.25) is 0 Å². The fraction of sp³-hybridized carbons (Fsp3) is 0.667. The minimum Gasteiger partial charge on any atom is -0.486 e. The van der Waals surface area contributed by atoms with Gasteiger partial charge in [-0.05, 0) is 12.3 Å². The molecule has 0 amide bonds. The van der Waals surface area contributed by atoms with Crippen LogP contribution in [0.4, 0.5) is 0 Å². The normalized spacial score (nSPS) is 48.2. The van der Waals surface area contributed by atoms with Crippen molar-refractivity contribution in [1.82, 2.24) is 0 Å². The molecule has 5 nitrogen and oxygen atoms in total. The zero-order valence-electron chi connectivity index (χ0n) is 12.7.